The molecule has 7 nitrogen and oxygen atoms in total. The van der Waals surface area contributed by atoms with E-state index < -0.39 is 23.5 Å². The van der Waals surface area contributed by atoms with E-state index in [0.717, 1.165) is 10.5 Å². The number of imide groups is 1. The normalized spacial score (nSPS) is 13.7. The van der Waals surface area contributed by atoms with Crippen molar-refractivity contribution >= 4 is 40.4 Å². The van der Waals surface area contributed by atoms with Gasteiger partial charge in [0.25, 0.3) is 11.6 Å². The number of pyridine rings is 1. The Morgan fingerprint density at radius 2 is 1.75 bits per heavy atom. The van der Waals surface area contributed by atoms with Gasteiger partial charge in [-0.2, -0.15) is 9.67 Å². The van der Waals surface area contributed by atoms with Crippen molar-refractivity contribution in [2.24, 2.45) is 0 Å². The van der Waals surface area contributed by atoms with Crippen LogP contribution in [0.3, 0.4) is 0 Å². The van der Waals surface area contributed by atoms with Crippen molar-refractivity contribution in [3.63, 3.8) is 0 Å². The SMILES string of the molecule is CCc1nn(-c2ccc(Cl)cc2)c([O-])c1C1=C([n+]2cccc(C)c2)C(=O)N(c2ccccc2F)C1=O. The fourth-order valence-corrected chi connectivity index (χ4v) is 4.39. The number of para-hydroxylation sites is 1. The minimum absolute atomic E-state index is 0.00801. The summed E-state index contributed by atoms with van der Waals surface area (Å²) in [6, 6.07) is 15.6. The maximum Gasteiger partial charge on any atom is 0.331 e. The molecular weight excluding hydrogens is 483 g/mol. The van der Waals surface area contributed by atoms with Crippen molar-refractivity contribution in [2.45, 2.75) is 20.3 Å². The lowest BCUT2D eigenvalue weighted by Crippen LogP contribution is -2.40. The Bertz CT molecular complexity index is 1560. The first-order valence-corrected chi connectivity index (χ1v) is 11.6. The third kappa shape index (κ3) is 3.76. The van der Waals surface area contributed by atoms with Gasteiger partial charge in [-0.3, -0.25) is 9.59 Å². The molecule has 9 heteroatoms. The van der Waals surface area contributed by atoms with E-state index in [1.807, 2.05) is 13.0 Å². The molecule has 0 radical (unpaired) electrons. The molecule has 0 unspecified atom stereocenters. The number of hydrogen-bond acceptors (Lipinski definition) is 4. The van der Waals surface area contributed by atoms with Gasteiger partial charge in [0.2, 0.25) is 0 Å². The standard InChI is InChI=1S/C27H20ClFN4O3/c1-3-20-22(26(35)33(30-20)18-12-10-17(28)11-13-18)23-24(31-14-6-7-16(2)15-31)27(36)32(25(23)34)21-9-5-4-8-19(21)29/h4-15H,3H2,1-2H3. The van der Waals surface area contributed by atoms with Gasteiger partial charge in [0.1, 0.15) is 11.4 Å². The minimum Gasteiger partial charge on any atom is -0.858 e. The van der Waals surface area contributed by atoms with Gasteiger partial charge in [-0.1, -0.05) is 30.7 Å². The molecule has 0 fully saturated rings. The predicted octanol–water partition coefficient (Wildman–Crippen LogP) is 3.84. The van der Waals surface area contributed by atoms with Gasteiger partial charge in [0.05, 0.1) is 17.1 Å². The monoisotopic (exact) mass is 502 g/mol. The number of carbonyl (C=O) groups excluding carboxylic acids is 2. The van der Waals surface area contributed by atoms with E-state index in [1.54, 1.807) is 49.6 Å². The average Bonchev–Trinajstić information content (AvgIpc) is 3.32. The molecule has 2 amide bonds. The van der Waals surface area contributed by atoms with E-state index in [9.17, 15) is 19.1 Å². The van der Waals surface area contributed by atoms with Gasteiger partial charge in [-0.15, -0.1) is 0 Å². The first-order chi connectivity index (χ1) is 17.3. The molecule has 1 aliphatic rings. The fraction of sp³-hybridized carbons (Fsp3) is 0.111. The minimum atomic E-state index is -0.795. The second-order valence-corrected chi connectivity index (χ2v) is 8.71. The van der Waals surface area contributed by atoms with Crippen LogP contribution in [0, 0.1) is 12.7 Å². The number of halogens is 2. The summed E-state index contributed by atoms with van der Waals surface area (Å²) in [6.45, 7) is 3.63. The molecule has 0 N–H and O–H groups in total. The summed E-state index contributed by atoms with van der Waals surface area (Å²) in [7, 11) is 0. The molecule has 0 aliphatic carbocycles. The molecule has 2 aromatic heterocycles. The molecule has 5 rings (SSSR count). The van der Waals surface area contributed by atoms with Crippen LogP contribution in [0.2, 0.25) is 5.02 Å². The number of hydrogen-bond donors (Lipinski definition) is 0. The smallest absolute Gasteiger partial charge is 0.331 e. The number of anilines is 1. The summed E-state index contributed by atoms with van der Waals surface area (Å²) in [5, 5.41) is 18.6. The van der Waals surface area contributed by atoms with Crippen LogP contribution in [0.4, 0.5) is 10.1 Å². The lowest BCUT2D eigenvalue weighted by Gasteiger charge is -2.16. The van der Waals surface area contributed by atoms with Crippen molar-refractivity contribution in [1.82, 2.24) is 9.78 Å². The van der Waals surface area contributed by atoms with E-state index in [4.69, 9.17) is 11.6 Å². The number of aryl methyl sites for hydroxylation is 2. The number of rotatable bonds is 5. The zero-order chi connectivity index (χ0) is 25.6. The molecule has 36 heavy (non-hydrogen) atoms. The maximum absolute atomic E-state index is 14.7. The summed E-state index contributed by atoms with van der Waals surface area (Å²) in [4.78, 5) is 28.3. The van der Waals surface area contributed by atoms with Crippen LogP contribution in [0.5, 0.6) is 5.88 Å². The van der Waals surface area contributed by atoms with Gasteiger partial charge in [-0.25, -0.2) is 14.0 Å². The van der Waals surface area contributed by atoms with Gasteiger partial charge >= 0.3 is 5.91 Å². The van der Waals surface area contributed by atoms with Crippen LogP contribution in [0.1, 0.15) is 23.7 Å². The topological polar surface area (TPSA) is 82.1 Å². The number of nitrogens with zero attached hydrogens (tertiary/aromatic N) is 4. The number of benzene rings is 2. The van der Waals surface area contributed by atoms with Crippen LogP contribution < -0.4 is 14.6 Å². The molecule has 0 bridgehead atoms. The maximum atomic E-state index is 14.7. The highest BCUT2D eigenvalue weighted by Gasteiger charge is 2.48. The molecule has 180 valence electrons. The highest BCUT2D eigenvalue weighted by Crippen LogP contribution is 2.39. The number of amides is 2. The van der Waals surface area contributed by atoms with Gasteiger partial charge in [-0.05, 0) is 61.7 Å². The number of carbonyl (C=O) groups is 2. The van der Waals surface area contributed by atoms with Crippen LogP contribution in [0.25, 0.3) is 17.0 Å². The van der Waals surface area contributed by atoms with E-state index in [0.29, 0.717) is 22.8 Å². The Morgan fingerprint density at radius 1 is 1.03 bits per heavy atom. The second-order valence-electron chi connectivity index (χ2n) is 8.28. The van der Waals surface area contributed by atoms with E-state index in [1.165, 1.54) is 33.5 Å². The van der Waals surface area contributed by atoms with Crippen molar-refractivity contribution in [1.29, 1.82) is 0 Å². The van der Waals surface area contributed by atoms with Crippen LogP contribution in [0.15, 0.2) is 73.1 Å². The molecule has 4 aromatic rings. The van der Waals surface area contributed by atoms with E-state index in [-0.39, 0.29) is 22.5 Å². The van der Waals surface area contributed by atoms with Gasteiger partial charge < -0.3 is 5.11 Å². The molecule has 0 atom stereocenters. The average molecular weight is 503 g/mol. The van der Waals surface area contributed by atoms with Crippen LogP contribution in [-0.4, -0.2) is 21.6 Å². The first kappa shape index (κ1) is 23.4. The molecule has 0 saturated carbocycles. The van der Waals surface area contributed by atoms with E-state index >= 15 is 0 Å². The van der Waals surface area contributed by atoms with Crippen molar-refractivity contribution in [2.75, 3.05) is 4.90 Å². The van der Waals surface area contributed by atoms with Gasteiger partial charge in [0.15, 0.2) is 12.4 Å². The molecule has 2 aromatic carbocycles. The predicted molar refractivity (Wildman–Crippen MR) is 131 cm³/mol. The molecule has 3 heterocycles. The third-order valence-corrected chi connectivity index (χ3v) is 6.18. The molecule has 0 spiro atoms. The largest absolute Gasteiger partial charge is 0.858 e. The third-order valence-electron chi connectivity index (χ3n) is 5.93. The van der Waals surface area contributed by atoms with Gasteiger partial charge in [0, 0.05) is 22.2 Å². The van der Waals surface area contributed by atoms with Crippen molar-refractivity contribution in [3.8, 4) is 11.6 Å². The molecule has 1 aliphatic heterocycles. The Morgan fingerprint density at radius 3 is 2.42 bits per heavy atom. The van der Waals surface area contributed by atoms with Crippen LogP contribution in [-0.2, 0) is 16.0 Å². The van der Waals surface area contributed by atoms with Crippen molar-refractivity contribution < 1.29 is 23.7 Å². The highest BCUT2D eigenvalue weighted by atomic mass is 35.5. The Labute approximate surface area is 211 Å². The number of aromatic nitrogens is 3. The molecular formula is C27H20ClFN4O3. The first-order valence-electron chi connectivity index (χ1n) is 11.2. The second kappa shape index (κ2) is 9.05. The Balaban J connectivity index is 1.78. The van der Waals surface area contributed by atoms with Crippen molar-refractivity contribution in [3.05, 3.63) is 101 Å². The quantitative estimate of drug-likeness (QED) is 0.307. The zero-order valence-electron chi connectivity index (χ0n) is 19.4. The van der Waals surface area contributed by atoms with Crippen LogP contribution >= 0.6 is 11.6 Å². The Kier molecular flexibility index (Phi) is 5.89. The lowest BCUT2D eigenvalue weighted by molar-refractivity contribution is -0.577. The fourth-order valence-electron chi connectivity index (χ4n) is 4.27. The van der Waals surface area contributed by atoms with E-state index in [2.05, 4.69) is 5.10 Å². The summed E-state index contributed by atoms with van der Waals surface area (Å²) in [6.07, 6.45) is 3.60. The summed E-state index contributed by atoms with van der Waals surface area (Å²) >= 11 is 5.99. The summed E-state index contributed by atoms with van der Waals surface area (Å²) in [5.74, 6) is -2.83. The lowest BCUT2D eigenvalue weighted by atomic mass is 10.0. The summed E-state index contributed by atoms with van der Waals surface area (Å²) < 4.78 is 17.4. The zero-order valence-corrected chi connectivity index (χ0v) is 20.2. The Hall–Kier alpha value is -4.30. The molecule has 0 saturated heterocycles. The highest BCUT2D eigenvalue weighted by molar-refractivity contribution is 6.53. The summed E-state index contributed by atoms with van der Waals surface area (Å²) in [5.41, 5.74) is 1.27.